The summed E-state index contributed by atoms with van der Waals surface area (Å²) >= 11 is 0. The van der Waals surface area contributed by atoms with E-state index in [2.05, 4.69) is 20.6 Å². The maximum atomic E-state index is 12.3. The number of nitrogens with zero attached hydrogens (tertiary/aromatic N) is 1. The van der Waals surface area contributed by atoms with E-state index in [0.717, 1.165) is 0 Å². The molecule has 1 aromatic rings. The number of aromatic amines is 1. The van der Waals surface area contributed by atoms with Crippen LogP contribution in [-0.2, 0) is 9.53 Å². The molecule has 0 aliphatic heterocycles. The fraction of sp³-hybridized carbons (Fsp3) is 0.625. The quantitative estimate of drug-likeness (QED) is 0.695. The van der Waals surface area contributed by atoms with Crippen LogP contribution in [0.4, 0.5) is 0 Å². The number of hydrogen-bond acceptors (Lipinski definition) is 5. The maximum Gasteiger partial charge on any atom is 0.311 e. The number of imidazole rings is 1. The molecule has 0 spiro atoms. The van der Waals surface area contributed by atoms with Crippen LogP contribution in [-0.4, -0.2) is 47.4 Å². The van der Waals surface area contributed by atoms with E-state index in [-0.39, 0.29) is 29.3 Å². The Morgan fingerprint density at radius 3 is 2.58 bits per heavy atom. The molecule has 0 unspecified atom stereocenters. The average Bonchev–Trinajstić information content (AvgIpc) is 3.06. The highest BCUT2D eigenvalue weighted by molar-refractivity contribution is 6.04. The third-order valence-electron chi connectivity index (χ3n) is 4.50. The van der Waals surface area contributed by atoms with Crippen molar-refractivity contribution >= 4 is 17.8 Å². The van der Waals surface area contributed by atoms with Crippen LogP contribution in [0.3, 0.4) is 0 Å². The number of rotatable bonds is 5. The van der Waals surface area contributed by atoms with Gasteiger partial charge in [0.2, 0.25) is 0 Å². The van der Waals surface area contributed by atoms with Gasteiger partial charge in [0.25, 0.3) is 11.8 Å². The van der Waals surface area contributed by atoms with Crippen molar-refractivity contribution in [3.8, 4) is 0 Å². The zero-order chi connectivity index (χ0) is 17.7. The molecule has 24 heavy (non-hydrogen) atoms. The molecule has 8 nitrogen and oxygen atoms in total. The lowest BCUT2D eigenvalue weighted by atomic mass is 9.74. The number of hydrogen-bond donors (Lipinski definition) is 3. The zero-order valence-corrected chi connectivity index (χ0v) is 14.3. The molecule has 1 heterocycles. The molecule has 0 atom stereocenters. The molecule has 3 N–H and O–H groups in total. The van der Waals surface area contributed by atoms with Gasteiger partial charge in [-0.05, 0) is 39.5 Å². The molecule has 0 aromatic carbocycles. The highest BCUT2D eigenvalue weighted by Gasteiger charge is 2.39. The van der Waals surface area contributed by atoms with Gasteiger partial charge >= 0.3 is 5.97 Å². The minimum absolute atomic E-state index is 0.0470. The summed E-state index contributed by atoms with van der Waals surface area (Å²) < 4.78 is 5.13. The molecule has 1 saturated carbocycles. The summed E-state index contributed by atoms with van der Waals surface area (Å²) in [7, 11) is 1.49. The van der Waals surface area contributed by atoms with E-state index in [1.165, 1.54) is 13.4 Å². The van der Waals surface area contributed by atoms with Crippen molar-refractivity contribution < 1.29 is 19.1 Å². The van der Waals surface area contributed by atoms with Crippen molar-refractivity contribution in [3.05, 3.63) is 17.7 Å². The Labute approximate surface area is 140 Å². The van der Waals surface area contributed by atoms with Crippen LogP contribution < -0.4 is 10.6 Å². The Kier molecular flexibility index (Phi) is 5.58. The van der Waals surface area contributed by atoms with Gasteiger partial charge in [0.1, 0.15) is 5.69 Å². The van der Waals surface area contributed by atoms with Crippen molar-refractivity contribution in [3.63, 3.8) is 0 Å². The van der Waals surface area contributed by atoms with Gasteiger partial charge in [-0.3, -0.25) is 14.4 Å². The largest absolute Gasteiger partial charge is 0.466 e. The second-order valence-corrected chi connectivity index (χ2v) is 6.23. The van der Waals surface area contributed by atoms with Crippen LogP contribution in [0, 0.1) is 5.41 Å². The monoisotopic (exact) mass is 336 g/mol. The first-order chi connectivity index (χ1) is 11.4. The van der Waals surface area contributed by atoms with Crippen LogP contribution in [0.15, 0.2) is 6.33 Å². The average molecular weight is 336 g/mol. The van der Waals surface area contributed by atoms with Crippen LogP contribution >= 0.6 is 0 Å². The highest BCUT2D eigenvalue weighted by atomic mass is 16.5. The summed E-state index contributed by atoms with van der Waals surface area (Å²) in [6.07, 6.45) is 3.99. The molecular formula is C16H24N4O4. The van der Waals surface area contributed by atoms with E-state index in [4.69, 9.17) is 4.74 Å². The Bertz CT molecular complexity index is 617. The van der Waals surface area contributed by atoms with E-state index < -0.39 is 11.3 Å². The third kappa shape index (κ3) is 3.74. The number of carbonyl (C=O) groups excluding carboxylic acids is 3. The molecular weight excluding hydrogens is 312 g/mol. The van der Waals surface area contributed by atoms with E-state index in [9.17, 15) is 14.4 Å². The normalized spacial score (nSPS) is 23.4. The van der Waals surface area contributed by atoms with Crippen LogP contribution in [0.2, 0.25) is 0 Å². The second-order valence-electron chi connectivity index (χ2n) is 6.23. The number of aromatic nitrogens is 2. The minimum Gasteiger partial charge on any atom is -0.466 e. The second kappa shape index (κ2) is 7.46. The summed E-state index contributed by atoms with van der Waals surface area (Å²) in [5, 5.41) is 5.36. The predicted molar refractivity (Wildman–Crippen MR) is 86.4 cm³/mol. The Morgan fingerprint density at radius 1 is 1.33 bits per heavy atom. The lowest BCUT2D eigenvalue weighted by molar-refractivity contribution is -0.156. The molecule has 0 radical (unpaired) electrons. The summed E-state index contributed by atoms with van der Waals surface area (Å²) in [4.78, 5) is 42.7. The molecule has 2 amide bonds. The molecule has 1 aliphatic rings. The van der Waals surface area contributed by atoms with Gasteiger partial charge < -0.3 is 20.4 Å². The van der Waals surface area contributed by atoms with Crippen LogP contribution in [0.25, 0.3) is 0 Å². The number of esters is 1. The lowest BCUT2D eigenvalue weighted by Crippen LogP contribution is -2.43. The van der Waals surface area contributed by atoms with Crippen molar-refractivity contribution in [1.82, 2.24) is 20.6 Å². The molecule has 8 heteroatoms. The molecule has 132 valence electrons. The highest BCUT2D eigenvalue weighted by Crippen LogP contribution is 2.37. The van der Waals surface area contributed by atoms with Gasteiger partial charge in [-0.15, -0.1) is 0 Å². The molecule has 1 fully saturated rings. The van der Waals surface area contributed by atoms with E-state index in [1.54, 1.807) is 6.92 Å². The standard InChI is InChI=1S/C16H24N4O4/c1-4-24-15(23)16(2)7-5-10(6-8-16)20-14(22)12-11(13(21)17-3)18-9-19-12/h9-10H,4-8H2,1-3H3,(H,17,21)(H,18,19)(H,20,22). The Morgan fingerprint density at radius 2 is 2.00 bits per heavy atom. The van der Waals surface area contributed by atoms with Gasteiger partial charge in [0, 0.05) is 13.1 Å². The minimum atomic E-state index is -0.489. The van der Waals surface area contributed by atoms with E-state index in [1.807, 2.05) is 6.92 Å². The van der Waals surface area contributed by atoms with Crippen LogP contribution in [0.5, 0.6) is 0 Å². The van der Waals surface area contributed by atoms with Gasteiger partial charge in [-0.1, -0.05) is 0 Å². The predicted octanol–water partition coefficient (Wildman–Crippen LogP) is 1.01. The number of nitrogens with one attached hydrogen (secondary N) is 3. The van der Waals surface area contributed by atoms with Crippen molar-refractivity contribution in [2.24, 2.45) is 5.41 Å². The summed E-state index contributed by atoms with van der Waals surface area (Å²) in [6, 6.07) is -0.0470. The first kappa shape index (κ1) is 18.0. The molecule has 1 aromatic heterocycles. The zero-order valence-electron chi connectivity index (χ0n) is 14.3. The molecule has 1 aliphatic carbocycles. The molecule has 0 saturated heterocycles. The van der Waals surface area contributed by atoms with Crippen molar-refractivity contribution in [1.29, 1.82) is 0 Å². The number of H-pyrrole nitrogens is 1. The lowest BCUT2D eigenvalue weighted by Gasteiger charge is -2.35. The first-order valence-electron chi connectivity index (χ1n) is 8.15. The number of carbonyl (C=O) groups is 3. The topological polar surface area (TPSA) is 113 Å². The Balaban J connectivity index is 1.95. The maximum absolute atomic E-state index is 12.3. The summed E-state index contributed by atoms with van der Waals surface area (Å²) in [5.74, 6) is -0.959. The number of ether oxygens (including phenoxy) is 1. The smallest absolute Gasteiger partial charge is 0.311 e. The number of amides is 2. The molecule has 0 bridgehead atoms. The third-order valence-corrected chi connectivity index (χ3v) is 4.50. The van der Waals surface area contributed by atoms with E-state index >= 15 is 0 Å². The van der Waals surface area contributed by atoms with Crippen molar-refractivity contribution in [2.45, 2.75) is 45.6 Å². The van der Waals surface area contributed by atoms with Crippen molar-refractivity contribution in [2.75, 3.05) is 13.7 Å². The van der Waals surface area contributed by atoms with Gasteiger partial charge in [0.05, 0.1) is 18.3 Å². The molecule has 2 rings (SSSR count). The van der Waals surface area contributed by atoms with E-state index in [0.29, 0.717) is 32.3 Å². The summed E-state index contributed by atoms with van der Waals surface area (Å²) in [5.41, 5.74) is -0.271. The fourth-order valence-electron chi connectivity index (χ4n) is 2.93. The van der Waals surface area contributed by atoms with Gasteiger partial charge in [-0.25, -0.2) is 4.98 Å². The van der Waals surface area contributed by atoms with Gasteiger partial charge in [-0.2, -0.15) is 0 Å². The fourth-order valence-corrected chi connectivity index (χ4v) is 2.93. The summed E-state index contributed by atoms with van der Waals surface area (Å²) in [6.45, 7) is 4.07. The van der Waals surface area contributed by atoms with Crippen LogP contribution in [0.1, 0.15) is 60.5 Å². The first-order valence-corrected chi connectivity index (χ1v) is 8.15. The van der Waals surface area contributed by atoms with Gasteiger partial charge in [0.15, 0.2) is 5.69 Å². The Hall–Kier alpha value is -2.38. The SMILES string of the molecule is CCOC(=O)C1(C)CCC(NC(=O)c2nc[nH]c2C(=O)NC)CC1.